The summed E-state index contributed by atoms with van der Waals surface area (Å²) < 4.78 is 4.54. The van der Waals surface area contributed by atoms with Gasteiger partial charge < -0.3 is 9.84 Å². The number of carbonyl (C=O) groups is 2. The molecule has 0 bridgehead atoms. The van der Waals surface area contributed by atoms with Gasteiger partial charge in [0.1, 0.15) is 0 Å². The van der Waals surface area contributed by atoms with Crippen molar-refractivity contribution < 1.29 is 19.4 Å². The molecule has 0 heterocycles. The van der Waals surface area contributed by atoms with E-state index in [0.717, 1.165) is 28.4 Å². The Morgan fingerprint density at radius 3 is 0.986 bits per heavy atom. The molecule has 370 valence electrons. The highest BCUT2D eigenvalue weighted by Crippen LogP contribution is 2.41. The molecule has 4 nitrogen and oxygen atoms in total. The van der Waals surface area contributed by atoms with E-state index < -0.39 is 5.97 Å². The summed E-state index contributed by atoms with van der Waals surface area (Å²) in [6, 6.07) is 0. The van der Waals surface area contributed by atoms with Gasteiger partial charge in [-0.05, 0) is 130 Å². The third-order valence-electron chi connectivity index (χ3n) is 11.8. The first-order chi connectivity index (χ1) is 32.6. The van der Waals surface area contributed by atoms with Crippen molar-refractivity contribution in [3.63, 3.8) is 0 Å². The van der Waals surface area contributed by atoms with Crippen molar-refractivity contribution in [2.75, 3.05) is 7.11 Å². The maximum Gasteiger partial charge on any atom is 0.330 e. The molecule has 0 saturated carbocycles. The van der Waals surface area contributed by atoms with Crippen molar-refractivity contribution in [3.05, 3.63) is 237 Å². The molecule has 0 spiro atoms. The number of aliphatic carboxylic acids is 1. The predicted molar refractivity (Wildman–Crippen MR) is 302 cm³/mol. The molecule has 1 N–H and O–H groups in total. The van der Waals surface area contributed by atoms with Crippen LogP contribution in [0.3, 0.4) is 0 Å². The van der Waals surface area contributed by atoms with Gasteiger partial charge in [-0.3, -0.25) is 0 Å². The lowest BCUT2D eigenvalue weighted by Gasteiger charge is -2.33. The number of esters is 1. The standard InChI is InChI=1S/C40H56.C25H30O4/c1-31(19-13-21-33(3)25-27-37-35(5)23-15-29-39(37,7)8)17-11-12-18-32(2)20-14-22-34(4)26-28-38-36(6)24-16-30-40(38,9)10;1-20(12-8-14-22(3)16-18-24(26)27)10-6-7-11-21(2)13-9-15-23(4)17-19-25(28)29-5/h11-14,17-22,25-28H,15-16,23-24,29-30H2,1-10H3;6-19H,1-5H3,(H,26,27)/b12-11+,19-13+,20-14+,27-25+,28-26+,31-17+,32-18+,33-21+,34-22+;7-6+,12-8+,13-9+,18-16+,19-17+,20-10+,21-11+,22-14+,23-15+. The first-order valence-electron chi connectivity index (χ1n) is 24.4. The zero-order valence-electron chi connectivity index (χ0n) is 45.1. The summed E-state index contributed by atoms with van der Waals surface area (Å²) in [5.74, 6) is -1.33. The topological polar surface area (TPSA) is 63.6 Å². The molecule has 0 unspecified atom stereocenters. The quantitative estimate of drug-likeness (QED) is 0.0751. The Hall–Kier alpha value is -6.26. The summed E-state index contributed by atoms with van der Waals surface area (Å²) in [6.07, 6.45) is 63.6. The van der Waals surface area contributed by atoms with Crippen LogP contribution in [0.5, 0.6) is 0 Å². The summed E-state index contributed by atoms with van der Waals surface area (Å²) in [4.78, 5) is 21.5. The smallest absolute Gasteiger partial charge is 0.330 e. The van der Waals surface area contributed by atoms with Crippen molar-refractivity contribution in [3.8, 4) is 0 Å². The van der Waals surface area contributed by atoms with Gasteiger partial charge in [-0.15, -0.1) is 0 Å². The number of allylic oxidation sites excluding steroid dienone is 38. The maximum absolute atomic E-state index is 11.0. The number of methoxy groups -OCH3 is 1. The van der Waals surface area contributed by atoms with Crippen LogP contribution >= 0.6 is 0 Å². The van der Waals surface area contributed by atoms with Crippen LogP contribution in [0.15, 0.2) is 237 Å². The minimum absolute atomic E-state index is 0.291. The van der Waals surface area contributed by atoms with Crippen molar-refractivity contribution in [2.24, 2.45) is 10.8 Å². The van der Waals surface area contributed by atoms with Crippen LogP contribution < -0.4 is 0 Å². The number of carboxylic acids is 1. The highest BCUT2D eigenvalue weighted by atomic mass is 16.5. The minimum Gasteiger partial charge on any atom is -0.478 e. The van der Waals surface area contributed by atoms with E-state index in [1.165, 1.54) is 85.1 Å². The van der Waals surface area contributed by atoms with Gasteiger partial charge in [0.15, 0.2) is 0 Å². The van der Waals surface area contributed by atoms with Crippen LogP contribution in [0.25, 0.3) is 0 Å². The second kappa shape index (κ2) is 33.3. The van der Waals surface area contributed by atoms with Gasteiger partial charge in [-0.2, -0.15) is 0 Å². The van der Waals surface area contributed by atoms with E-state index >= 15 is 0 Å². The fraction of sp³-hybridized carbons (Fsp3) is 0.354. The molecule has 0 aromatic heterocycles. The SMILES string of the molecule is CC1=C(/C=C/C(C)=C/C=C/C(C)=C/C=C/C=C(C)/C=C/C=C(C)/C=C/C2=C(C)CCCC2(C)C)C(C)(C)CCC1.COC(=O)/C=C/C(C)=C/C=C/C(C)=C/C=C/C=C(C)/C=C/C=C(C)/C=C/C(=O)O. The van der Waals surface area contributed by atoms with Crippen molar-refractivity contribution in [2.45, 2.75) is 135 Å². The molecule has 0 radical (unpaired) electrons. The van der Waals surface area contributed by atoms with Crippen LogP contribution in [0, 0.1) is 10.8 Å². The van der Waals surface area contributed by atoms with Crippen molar-refractivity contribution in [1.29, 1.82) is 0 Å². The molecule has 2 aliphatic carbocycles. The number of ether oxygens (including phenoxy) is 1. The van der Waals surface area contributed by atoms with Gasteiger partial charge >= 0.3 is 11.9 Å². The maximum atomic E-state index is 11.0. The third-order valence-corrected chi connectivity index (χ3v) is 11.8. The minimum atomic E-state index is -0.956. The molecular formula is C65H86O4. The number of rotatable bonds is 20. The normalized spacial score (nSPS) is 19.0. The van der Waals surface area contributed by atoms with Gasteiger partial charge in [0.2, 0.25) is 0 Å². The lowest BCUT2D eigenvalue weighted by Crippen LogP contribution is -2.19. The van der Waals surface area contributed by atoms with E-state index in [1.54, 1.807) is 23.3 Å². The second-order valence-electron chi connectivity index (χ2n) is 19.5. The van der Waals surface area contributed by atoms with Crippen LogP contribution in [0.1, 0.15) is 135 Å². The van der Waals surface area contributed by atoms with Crippen LogP contribution in [0.2, 0.25) is 0 Å². The molecule has 0 fully saturated rings. The largest absolute Gasteiger partial charge is 0.478 e. The molecule has 0 amide bonds. The van der Waals surface area contributed by atoms with Crippen molar-refractivity contribution >= 4 is 11.9 Å². The van der Waals surface area contributed by atoms with E-state index in [4.69, 9.17) is 5.11 Å². The van der Waals surface area contributed by atoms with Crippen molar-refractivity contribution in [1.82, 2.24) is 0 Å². The average Bonchev–Trinajstić information content (AvgIpc) is 3.27. The molecule has 2 aliphatic rings. The summed E-state index contributed by atoms with van der Waals surface area (Å²) in [5.41, 5.74) is 15.7. The number of carbonyl (C=O) groups excluding carboxylic acids is 1. The van der Waals surface area contributed by atoms with Gasteiger partial charge in [-0.25, -0.2) is 9.59 Å². The molecule has 2 rings (SSSR count). The Morgan fingerprint density at radius 2 is 0.696 bits per heavy atom. The molecule has 0 aromatic rings. The van der Waals surface area contributed by atoms with Gasteiger partial charge in [0.05, 0.1) is 7.11 Å². The predicted octanol–water partition coefficient (Wildman–Crippen LogP) is 18.4. The fourth-order valence-corrected chi connectivity index (χ4v) is 7.60. The first kappa shape index (κ1) is 60.8. The van der Waals surface area contributed by atoms with E-state index in [1.807, 2.05) is 88.5 Å². The van der Waals surface area contributed by atoms with E-state index in [9.17, 15) is 9.59 Å². The Balaban J connectivity index is 0.000000729. The van der Waals surface area contributed by atoms with E-state index in [0.29, 0.717) is 10.8 Å². The van der Waals surface area contributed by atoms with Crippen LogP contribution in [-0.2, 0) is 14.3 Å². The molecule has 0 atom stereocenters. The molecular weight excluding hydrogens is 845 g/mol. The highest BCUT2D eigenvalue weighted by Gasteiger charge is 2.27. The molecule has 69 heavy (non-hydrogen) atoms. The summed E-state index contributed by atoms with van der Waals surface area (Å²) in [6.45, 7) is 30.5. The zero-order valence-corrected chi connectivity index (χ0v) is 45.1. The lowest BCUT2D eigenvalue weighted by atomic mass is 9.72. The van der Waals surface area contributed by atoms with Gasteiger partial charge in [0.25, 0.3) is 0 Å². The Kier molecular flexibility index (Phi) is 29.3. The van der Waals surface area contributed by atoms with E-state index in [2.05, 4.69) is 159 Å². The third kappa shape index (κ3) is 28.6. The monoisotopic (exact) mass is 931 g/mol. The number of hydrogen-bond donors (Lipinski definition) is 1. The highest BCUT2D eigenvalue weighted by molar-refractivity contribution is 5.82. The lowest BCUT2D eigenvalue weighted by molar-refractivity contribution is -0.135. The van der Waals surface area contributed by atoms with Crippen LogP contribution in [-0.4, -0.2) is 24.2 Å². The van der Waals surface area contributed by atoms with E-state index in [-0.39, 0.29) is 5.97 Å². The van der Waals surface area contributed by atoms with Gasteiger partial charge in [0, 0.05) is 12.2 Å². The summed E-state index contributed by atoms with van der Waals surface area (Å²) in [7, 11) is 1.35. The Labute approximate surface area is 420 Å². The average molecular weight is 931 g/mol. The molecule has 0 saturated heterocycles. The zero-order chi connectivity index (χ0) is 51.8. The Bertz CT molecular complexity index is 2270. The first-order valence-corrected chi connectivity index (χ1v) is 24.4. The Morgan fingerprint density at radius 1 is 0.420 bits per heavy atom. The molecule has 4 heteroatoms. The van der Waals surface area contributed by atoms with Gasteiger partial charge in [-0.1, -0.05) is 241 Å². The second-order valence-corrected chi connectivity index (χ2v) is 19.5. The molecule has 0 aromatic carbocycles. The van der Waals surface area contributed by atoms with Crippen LogP contribution in [0.4, 0.5) is 0 Å². The number of carboxylic acid groups (broad SMARTS) is 1. The fourth-order valence-electron chi connectivity index (χ4n) is 7.60. The summed E-state index contributed by atoms with van der Waals surface area (Å²) >= 11 is 0. The molecule has 0 aliphatic heterocycles. The summed E-state index contributed by atoms with van der Waals surface area (Å²) in [5, 5.41) is 8.58. The number of hydrogen-bond acceptors (Lipinski definition) is 3.